The maximum Gasteiger partial charge on any atom is 0.316 e. The molecule has 0 radical (unpaired) electrons. The van der Waals surface area contributed by atoms with Crippen LogP contribution in [0.1, 0.15) is 6.92 Å². The molecule has 0 spiro atoms. The van der Waals surface area contributed by atoms with Crippen molar-refractivity contribution in [2.45, 2.75) is 23.9 Å². The average molecular weight is 284 g/mol. The predicted molar refractivity (Wildman–Crippen MR) is 68.2 cm³/mol. The van der Waals surface area contributed by atoms with E-state index in [1.54, 1.807) is 0 Å². The lowest BCUT2D eigenvalue weighted by Gasteiger charge is -2.05. The molecule has 8 nitrogen and oxygen atoms in total. The summed E-state index contributed by atoms with van der Waals surface area (Å²) in [6.45, 7) is 1.60. The number of aromatic amines is 1. The fourth-order valence-electron chi connectivity index (χ4n) is 1.48. The Morgan fingerprint density at radius 2 is 2.37 bits per heavy atom. The molecule has 102 valence electrons. The lowest BCUT2D eigenvalue weighted by Crippen LogP contribution is -2.15. The zero-order valence-electron chi connectivity index (χ0n) is 10.0. The lowest BCUT2D eigenvalue weighted by molar-refractivity contribution is -0.136. The minimum Gasteiger partial charge on any atom is -0.480 e. The number of fused-ring (bicyclic) bond motifs is 1. The highest BCUT2D eigenvalue weighted by Crippen LogP contribution is 2.19. The number of carboxylic acid groups (broad SMARTS) is 1. The number of aliphatic carboxylic acids is 1. The quantitative estimate of drug-likeness (QED) is 0.508. The third-order valence-corrected chi connectivity index (χ3v) is 3.40. The van der Waals surface area contributed by atoms with Crippen LogP contribution in [0.25, 0.3) is 11.0 Å². The number of H-pyrrole nitrogens is 1. The Labute approximate surface area is 111 Å². The first-order valence-electron chi connectivity index (χ1n) is 5.49. The Morgan fingerprint density at radius 3 is 3.00 bits per heavy atom. The number of carbonyl (C=O) groups is 1. The van der Waals surface area contributed by atoms with Crippen LogP contribution in [0.5, 0.6) is 0 Å². The van der Waals surface area contributed by atoms with Crippen LogP contribution in [-0.2, 0) is 11.3 Å². The van der Waals surface area contributed by atoms with Gasteiger partial charge in [0.05, 0.1) is 19.3 Å². The second-order valence-corrected chi connectivity index (χ2v) is 5.13. The predicted octanol–water partition coefficient (Wildman–Crippen LogP) is -0.323. The molecular weight excluding hydrogens is 272 g/mol. The third-order valence-electron chi connectivity index (χ3n) is 2.43. The molecule has 2 aromatic heterocycles. The Balaban J connectivity index is 2.44. The van der Waals surface area contributed by atoms with E-state index in [9.17, 15) is 9.59 Å². The van der Waals surface area contributed by atoms with Gasteiger partial charge in [0.1, 0.15) is 10.6 Å². The number of nitrogens with one attached hydrogen (secondary N) is 1. The summed E-state index contributed by atoms with van der Waals surface area (Å²) < 4.78 is 1.40. The summed E-state index contributed by atoms with van der Waals surface area (Å²) in [5.74, 6) is -0.989. The highest BCUT2D eigenvalue weighted by molar-refractivity contribution is 8.00. The van der Waals surface area contributed by atoms with Crippen LogP contribution in [0.3, 0.4) is 0 Å². The van der Waals surface area contributed by atoms with Gasteiger partial charge in [-0.2, -0.15) is 5.10 Å². The number of aromatic nitrogens is 4. The average Bonchev–Trinajstić information content (AvgIpc) is 2.73. The monoisotopic (exact) mass is 284 g/mol. The van der Waals surface area contributed by atoms with E-state index < -0.39 is 11.2 Å². The Bertz CT molecular complexity index is 665. The van der Waals surface area contributed by atoms with Gasteiger partial charge in [-0.3, -0.25) is 9.59 Å². The number of nitrogens with zero attached hydrogens (tertiary/aromatic N) is 3. The van der Waals surface area contributed by atoms with Crippen LogP contribution in [0.4, 0.5) is 0 Å². The molecule has 2 heterocycles. The first-order chi connectivity index (χ1) is 9.02. The van der Waals surface area contributed by atoms with E-state index in [4.69, 9.17) is 10.2 Å². The van der Waals surface area contributed by atoms with Crippen molar-refractivity contribution in [2.24, 2.45) is 0 Å². The largest absolute Gasteiger partial charge is 0.480 e. The number of hydrogen-bond donors (Lipinski definition) is 3. The summed E-state index contributed by atoms with van der Waals surface area (Å²) >= 11 is 0.941. The van der Waals surface area contributed by atoms with E-state index in [1.165, 1.54) is 17.8 Å². The number of rotatable bonds is 5. The molecule has 0 fully saturated rings. The van der Waals surface area contributed by atoms with Crippen molar-refractivity contribution in [3.8, 4) is 0 Å². The smallest absolute Gasteiger partial charge is 0.316 e. The number of hydrogen-bond acceptors (Lipinski definition) is 6. The van der Waals surface area contributed by atoms with Crippen molar-refractivity contribution in [3.63, 3.8) is 0 Å². The molecule has 3 N–H and O–H groups in total. The zero-order valence-corrected chi connectivity index (χ0v) is 10.8. The molecule has 0 saturated heterocycles. The van der Waals surface area contributed by atoms with E-state index >= 15 is 0 Å². The van der Waals surface area contributed by atoms with Crippen molar-refractivity contribution < 1.29 is 15.0 Å². The molecule has 0 unspecified atom stereocenters. The molecule has 0 aliphatic rings. The van der Waals surface area contributed by atoms with Gasteiger partial charge >= 0.3 is 5.97 Å². The molecule has 0 bridgehead atoms. The fraction of sp³-hybridized carbons (Fsp3) is 0.400. The molecule has 0 aliphatic heterocycles. The number of aliphatic hydroxyl groups is 1. The van der Waals surface area contributed by atoms with Gasteiger partial charge in [0, 0.05) is 0 Å². The first kappa shape index (κ1) is 13.6. The number of aliphatic hydroxyl groups excluding tert-OH is 1. The fourth-order valence-corrected chi connectivity index (χ4v) is 2.20. The maximum atomic E-state index is 11.8. The van der Waals surface area contributed by atoms with Gasteiger partial charge in [-0.1, -0.05) is 11.8 Å². The van der Waals surface area contributed by atoms with Gasteiger partial charge in [-0.05, 0) is 6.92 Å². The van der Waals surface area contributed by atoms with Crippen LogP contribution in [0.15, 0.2) is 16.1 Å². The van der Waals surface area contributed by atoms with Crippen molar-refractivity contribution >= 4 is 28.8 Å². The molecule has 1 atom stereocenters. The molecule has 0 aromatic carbocycles. The number of carboxylic acids is 1. The molecule has 0 aliphatic carbocycles. The molecule has 2 rings (SSSR count). The topological polar surface area (TPSA) is 121 Å². The minimum atomic E-state index is -0.989. The van der Waals surface area contributed by atoms with Gasteiger partial charge in [-0.15, -0.1) is 0 Å². The Kier molecular flexibility index (Phi) is 3.86. The second-order valence-electron chi connectivity index (χ2n) is 3.80. The van der Waals surface area contributed by atoms with Crippen LogP contribution in [-0.4, -0.2) is 47.8 Å². The lowest BCUT2D eigenvalue weighted by atomic mass is 10.4. The summed E-state index contributed by atoms with van der Waals surface area (Å²) in [6.07, 6.45) is 1.37. The summed E-state index contributed by atoms with van der Waals surface area (Å²) in [5, 5.41) is 21.5. The van der Waals surface area contributed by atoms with Gasteiger partial charge in [-0.25, -0.2) is 9.67 Å². The summed E-state index contributed by atoms with van der Waals surface area (Å²) in [5.41, 5.74) is -0.0489. The second kappa shape index (κ2) is 5.41. The standard InChI is InChI=1S/C10H12N4O4S/c1-5(9(17)18)19-10-12-7-6(8(16)13-10)4-11-14(7)2-3-15/h4-5,15H,2-3H2,1H3,(H,17,18)(H,12,13,16)/t5-/m0/s1. The molecule has 2 aromatic rings. The van der Waals surface area contributed by atoms with Gasteiger partial charge in [0.2, 0.25) is 0 Å². The van der Waals surface area contributed by atoms with Crippen molar-refractivity contribution in [2.75, 3.05) is 6.61 Å². The van der Waals surface area contributed by atoms with Crippen molar-refractivity contribution in [3.05, 3.63) is 16.6 Å². The summed E-state index contributed by atoms with van der Waals surface area (Å²) in [4.78, 5) is 29.3. The third kappa shape index (κ3) is 2.76. The highest BCUT2D eigenvalue weighted by Gasteiger charge is 2.16. The number of thioether (sulfide) groups is 1. The highest BCUT2D eigenvalue weighted by atomic mass is 32.2. The molecule has 9 heteroatoms. The SMILES string of the molecule is C[C@H](Sc1nc2c(cnn2CCO)c(=O)[nH]1)C(=O)O. The maximum absolute atomic E-state index is 11.8. The summed E-state index contributed by atoms with van der Waals surface area (Å²) in [7, 11) is 0. The molecule has 19 heavy (non-hydrogen) atoms. The first-order valence-corrected chi connectivity index (χ1v) is 6.37. The van der Waals surface area contributed by atoms with E-state index in [1.807, 2.05) is 0 Å². The Morgan fingerprint density at radius 1 is 1.63 bits per heavy atom. The molecular formula is C10H12N4O4S. The van der Waals surface area contributed by atoms with Crippen LogP contribution in [0.2, 0.25) is 0 Å². The van der Waals surface area contributed by atoms with Gasteiger partial charge < -0.3 is 15.2 Å². The minimum absolute atomic E-state index is 0.126. The van der Waals surface area contributed by atoms with Crippen molar-refractivity contribution in [1.82, 2.24) is 19.7 Å². The van der Waals surface area contributed by atoms with Crippen LogP contribution < -0.4 is 5.56 Å². The van der Waals surface area contributed by atoms with E-state index in [2.05, 4.69) is 15.1 Å². The van der Waals surface area contributed by atoms with Crippen LogP contribution >= 0.6 is 11.8 Å². The van der Waals surface area contributed by atoms with Crippen molar-refractivity contribution in [1.29, 1.82) is 0 Å². The van der Waals surface area contributed by atoms with Crippen LogP contribution in [0, 0.1) is 0 Å². The summed E-state index contributed by atoms with van der Waals surface area (Å²) in [6, 6.07) is 0. The van der Waals surface area contributed by atoms with Gasteiger partial charge in [0.25, 0.3) is 5.56 Å². The normalized spacial score (nSPS) is 12.7. The molecule has 0 saturated carbocycles. The van der Waals surface area contributed by atoms with E-state index in [0.717, 1.165) is 11.8 Å². The molecule has 0 amide bonds. The van der Waals surface area contributed by atoms with Gasteiger partial charge in [0.15, 0.2) is 10.8 Å². The Hall–Kier alpha value is -1.87. The van der Waals surface area contributed by atoms with E-state index in [0.29, 0.717) is 11.0 Å². The van der Waals surface area contributed by atoms with E-state index in [-0.39, 0.29) is 23.9 Å². The zero-order chi connectivity index (χ0) is 14.0.